The first-order valence-corrected chi connectivity index (χ1v) is 13.1. The summed E-state index contributed by atoms with van der Waals surface area (Å²) in [5.41, 5.74) is 3.75. The summed E-state index contributed by atoms with van der Waals surface area (Å²) in [5.74, 6) is -0.296. The van der Waals surface area contributed by atoms with Crippen molar-refractivity contribution in [1.82, 2.24) is 19.3 Å². The van der Waals surface area contributed by atoms with Gasteiger partial charge in [-0.15, -0.1) is 0 Å². The smallest absolute Gasteiger partial charge is 0.359 e. The lowest BCUT2D eigenvalue weighted by Crippen LogP contribution is -2.23. The second kappa shape index (κ2) is 10.6. The number of ether oxygens (including phenoxy) is 1. The van der Waals surface area contributed by atoms with E-state index in [9.17, 15) is 9.59 Å². The molecule has 0 aliphatic carbocycles. The highest BCUT2D eigenvalue weighted by atomic mass is 35.5. The molecule has 0 fully saturated rings. The van der Waals surface area contributed by atoms with Gasteiger partial charge in [-0.1, -0.05) is 84.4 Å². The summed E-state index contributed by atoms with van der Waals surface area (Å²) in [5, 5.41) is 5.12. The fourth-order valence-corrected chi connectivity index (χ4v) is 4.75. The van der Waals surface area contributed by atoms with E-state index in [4.69, 9.17) is 21.3 Å². The van der Waals surface area contributed by atoms with Crippen molar-refractivity contribution < 1.29 is 9.53 Å². The highest BCUT2D eigenvalue weighted by Crippen LogP contribution is 2.28. The van der Waals surface area contributed by atoms with Crippen molar-refractivity contribution in [2.45, 2.75) is 6.92 Å². The normalized spacial score (nSPS) is 11.1. The summed E-state index contributed by atoms with van der Waals surface area (Å²) in [6.45, 7) is 1.85. The minimum Gasteiger partial charge on any atom is -0.461 e. The molecule has 2 aromatic heterocycles. The first-order chi connectivity index (χ1) is 19.5. The van der Waals surface area contributed by atoms with E-state index in [1.807, 2.05) is 84.9 Å². The molecule has 0 saturated carbocycles. The highest BCUT2D eigenvalue weighted by molar-refractivity contribution is 6.30. The predicted octanol–water partition coefficient (Wildman–Crippen LogP) is 6.74. The quantitative estimate of drug-likeness (QED) is 0.216. The zero-order chi connectivity index (χ0) is 27.6. The molecule has 0 N–H and O–H groups in total. The van der Waals surface area contributed by atoms with Crippen molar-refractivity contribution in [2.24, 2.45) is 0 Å². The van der Waals surface area contributed by atoms with Crippen LogP contribution >= 0.6 is 11.6 Å². The maximum absolute atomic E-state index is 14.3. The van der Waals surface area contributed by atoms with Gasteiger partial charge in [0.15, 0.2) is 11.3 Å². The van der Waals surface area contributed by atoms with Crippen LogP contribution in [-0.2, 0) is 4.74 Å². The Morgan fingerprint density at radius 1 is 0.775 bits per heavy atom. The van der Waals surface area contributed by atoms with Crippen LogP contribution in [0.25, 0.3) is 44.9 Å². The molecule has 6 aromatic rings. The maximum Gasteiger partial charge on any atom is 0.359 e. The molecule has 0 atom stereocenters. The molecule has 196 valence electrons. The van der Waals surface area contributed by atoms with E-state index in [2.05, 4.69) is 5.10 Å². The fourth-order valence-electron chi connectivity index (χ4n) is 4.62. The number of hydrogen-bond donors (Lipinski definition) is 0. The van der Waals surface area contributed by atoms with Gasteiger partial charge in [0.05, 0.1) is 18.0 Å². The molecule has 0 amide bonds. The van der Waals surface area contributed by atoms with Gasteiger partial charge in [0.25, 0.3) is 5.56 Å². The number of halogens is 1. The van der Waals surface area contributed by atoms with Gasteiger partial charge in [0.1, 0.15) is 11.2 Å². The molecule has 0 radical (unpaired) electrons. The van der Waals surface area contributed by atoms with Crippen LogP contribution in [0.1, 0.15) is 17.4 Å². The second-order valence-corrected chi connectivity index (χ2v) is 9.45. The largest absolute Gasteiger partial charge is 0.461 e. The minimum atomic E-state index is -0.691. The van der Waals surface area contributed by atoms with Gasteiger partial charge >= 0.3 is 5.97 Å². The van der Waals surface area contributed by atoms with Crippen LogP contribution in [0.3, 0.4) is 0 Å². The fraction of sp³-hybridized carbons (Fsp3) is 0.0625. The number of carbonyl (C=O) groups excluding carboxylic acids is 1. The first-order valence-electron chi connectivity index (χ1n) is 12.8. The number of hydrogen-bond acceptors (Lipinski definition) is 5. The average Bonchev–Trinajstić information content (AvgIpc) is 3.39. The number of para-hydroxylation sites is 1. The van der Waals surface area contributed by atoms with Gasteiger partial charge in [-0.2, -0.15) is 5.10 Å². The Bertz CT molecular complexity index is 1880. The molecule has 0 bridgehead atoms. The molecule has 0 spiro atoms. The topological polar surface area (TPSA) is 79.0 Å². The summed E-state index contributed by atoms with van der Waals surface area (Å²) in [7, 11) is 0. The summed E-state index contributed by atoms with van der Waals surface area (Å²) in [6, 6.07) is 34.0. The van der Waals surface area contributed by atoms with Crippen molar-refractivity contribution >= 4 is 28.6 Å². The number of carbonyl (C=O) groups is 1. The summed E-state index contributed by atoms with van der Waals surface area (Å²) in [6.07, 6.45) is 0. The number of esters is 1. The van der Waals surface area contributed by atoms with Gasteiger partial charge in [0, 0.05) is 10.6 Å². The molecule has 40 heavy (non-hydrogen) atoms. The van der Waals surface area contributed by atoms with E-state index in [1.54, 1.807) is 31.2 Å². The number of fused-ring (bicyclic) bond motifs is 1. The van der Waals surface area contributed by atoms with Crippen LogP contribution in [0.15, 0.2) is 114 Å². The monoisotopic (exact) mass is 546 g/mol. The Morgan fingerprint density at radius 3 is 2.02 bits per heavy atom. The Balaban J connectivity index is 1.65. The van der Waals surface area contributed by atoms with Crippen LogP contribution in [0, 0.1) is 0 Å². The third kappa shape index (κ3) is 4.57. The van der Waals surface area contributed by atoms with Crippen molar-refractivity contribution in [3.8, 4) is 33.9 Å². The van der Waals surface area contributed by atoms with Gasteiger partial charge in [-0.25, -0.2) is 14.5 Å². The molecular formula is C32H23ClN4O3. The minimum absolute atomic E-state index is 0.0712. The first kappa shape index (κ1) is 25.3. The van der Waals surface area contributed by atoms with Gasteiger partial charge in [0.2, 0.25) is 0 Å². The summed E-state index contributed by atoms with van der Waals surface area (Å²) < 4.78 is 8.26. The van der Waals surface area contributed by atoms with E-state index in [-0.39, 0.29) is 23.3 Å². The van der Waals surface area contributed by atoms with Crippen LogP contribution in [0.4, 0.5) is 0 Å². The van der Waals surface area contributed by atoms with Crippen LogP contribution < -0.4 is 5.56 Å². The third-order valence-electron chi connectivity index (χ3n) is 6.51. The van der Waals surface area contributed by atoms with Gasteiger partial charge < -0.3 is 4.74 Å². The highest BCUT2D eigenvalue weighted by Gasteiger charge is 2.27. The molecule has 0 unspecified atom stereocenters. The zero-order valence-corrected chi connectivity index (χ0v) is 22.2. The van der Waals surface area contributed by atoms with Crippen LogP contribution in [0.5, 0.6) is 0 Å². The van der Waals surface area contributed by atoms with Gasteiger partial charge in [-0.05, 0) is 54.4 Å². The lowest BCUT2D eigenvalue weighted by Gasteiger charge is -2.14. The number of aromatic nitrogens is 4. The molecule has 4 aromatic carbocycles. The Hall–Kier alpha value is -5.01. The molecule has 8 heteroatoms. The number of benzene rings is 4. The Labute approximate surface area is 234 Å². The standard InChI is InChI=1S/C32H23ClN4O3/c1-2-40-32(39)28-27-30(37(35-28)26-11-7-4-8-12-26)34-29(36(31(27)38)25-19-17-24(33)18-20-25)23-15-13-22(14-16-23)21-9-5-3-6-10-21/h3-20H,2H2,1H3. The third-order valence-corrected chi connectivity index (χ3v) is 6.76. The van der Waals surface area contributed by atoms with E-state index >= 15 is 0 Å². The van der Waals surface area contributed by atoms with Crippen LogP contribution in [0.2, 0.25) is 5.02 Å². The Kier molecular flexibility index (Phi) is 6.72. The molecule has 0 aliphatic heterocycles. The van der Waals surface area contributed by atoms with E-state index in [0.29, 0.717) is 27.8 Å². The molecule has 7 nitrogen and oxygen atoms in total. The zero-order valence-electron chi connectivity index (χ0n) is 21.5. The molecular weight excluding hydrogens is 524 g/mol. The lowest BCUT2D eigenvalue weighted by molar-refractivity contribution is 0.0521. The van der Waals surface area contributed by atoms with Gasteiger partial charge in [-0.3, -0.25) is 9.36 Å². The Morgan fingerprint density at radius 2 is 1.38 bits per heavy atom. The maximum atomic E-state index is 14.3. The average molecular weight is 547 g/mol. The second-order valence-electron chi connectivity index (χ2n) is 9.01. The van der Waals surface area contributed by atoms with Crippen molar-refractivity contribution in [3.05, 3.63) is 130 Å². The van der Waals surface area contributed by atoms with Crippen molar-refractivity contribution in [2.75, 3.05) is 6.61 Å². The lowest BCUT2D eigenvalue weighted by atomic mass is 10.0. The predicted molar refractivity (Wildman–Crippen MR) is 156 cm³/mol. The van der Waals surface area contributed by atoms with E-state index < -0.39 is 11.5 Å². The molecule has 2 heterocycles. The van der Waals surface area contributed by atoms with E-state index in [0.717, 1.165) is 11.1 Å². The summed E-state index contributed by atoms with van der Waals surface area (Å²) >= 11 is 6.16. The number of nitrogens with zero attached hydrogens (tertiary/aromatic N) is 4. The number of rotatable bonds is 6. The molecule has 0 aliphatic rings. The van der Waals surface area contributed by atoms with Crippen LogP contribution in [-0.4, -0.2) is 31.9 Å². The molecule has 0 saturated heterocycles. The summed E-state index contributed by atoms with van der Waals surface area (Å²) in [4.78, 5) is 32.3. The van der Waals surface area contributed by atoms with E-state index in [1.165, 1.54) is 9.25 Å². The van der Waals surface area contributed by atoms with Crippen molar-refractivity contribution in [1.29, 1.82) is 0 Å². The van der Waals surface area contributed by atoms with Crippen molar-refractivity contribution in [3.63, 3.8) is 0 Å². The SMILES string of the molecule is CCOC(=O)c1nn(-c2ccccc2)c2nc(-c3ccc(-c4ccccc4)cc3)n(-c3ccc(Cl)cc3)c(=O)c12. The molecule has 6 rings (SSSR count).